The Bertz CT molecular complexity index is 1490. The van der Waals surface area contributed by atoms with Crippen LogP contribution in [0.5, 0.6) is 5.75 Å². The molecule has 0 bridgehead atoms. The monoisotopic (exact) mass is 403 g/mol. The van der Waals surface area contributed by atoms with Gasteiger partial charge in [0.05, 0.1) is 4.92 Å². The maximum Gasteiger partial charge on any atom is 0.339 e. The molecule has 0 N–H and O–H groups in total. The summed E-state index contributed by atoms with van der Waals surface area (Å²) >= 11 is 0. The minimum atomic E-state index is -4.14. The molecule has 5 aromatic rings. The number of nitro groups is 1. The van der Waals surface area contributed by atoms with Crippen molar-refractivity contribution in [1.29, 1.82) is 0 Å². The lowest BCUT2D eigenvalue weighted by atomic mass is 9.94. The third-order valence-electron chi connectivity index (χ3n) is 5.01. The fourth-order valence-corrected chi connectivity index (χ4v) is 4.85. The molecule has 0 radical (unpaired) electrons. The Morgan fingerprint density at radius 3 is 1.97 bits per heavy atom. The summed E-state index contributed by atoms with van der Waals surface area (Å²) in [5, 5.41) is 16.2. The van der Waals surface area contributed by atoms with Crippen LogP contribution in [0.25, 0.3) is 32.3 Å². The van der Waals surface area contributed by atoms with E-state index < -0.39 is 15.0 Å². The van der Waals surface area contributed by atoms with Crippen LogP contribution in [0.15, 0.2) is 83.8 Å². The zero-order valence-corrected chi connectivity index (χ0v) is 15.7. The van der Waals surface area contributed by atoms with Crippen molar-refractivity contribution in [1.82, 2.24) is 0 Å². The molecule has 142 valence electrons. The van der Waals surface area contributed by atoms with E-state index in [4.69, 9.17) is 4.18 Å². The first-order valence-electron chi connectivity index (χ1n) is 8.79. The van der Waals surface area contributed by atoms with Crippen molar-refractivity contribution in [3.63, 3.8) is 0 Å². The summed E-state index contributed by atoms with van der Waals surface area (Å²) in [4.78, 5) is 10.3. The predicted molar refractivity (Wildman–Crippen MR) is 111 cm³/mol. The highest BCUT2D eigenvalue weighted by molar-refractivity contribution is 7.87. The molecule has 29 heavy (non-hydrogen) atoms. The summed E-state index contributed by atoms with van der Waals surface area (Å²) in [7, 11) is -4.14. The zero-order chi connectivity index (χ0) is 20.2. The van der Waals surface area contributed by atoms with Gasteiger partial charge in [0, 0.05) is 17.5 Å². The number of rotatable bonds is 4. The minimum Gasteiger partial charge on any atom is -0.379 e. The van der Waals surface area contributed by atoms with Crippen LogP contribution in [0.4, 0.5) is 5.69 Å². The zero-order valence-electron chi connectivity index (χ0n) is 14.9. The number of nitrogens with zero attached hydrogens (tertiary/aromatic N) is 1. The molecular formula is C22H13NO5S. The van der Waals surface area contributed by atoms with E-state index in [1.54, 1.807) is 12.1 Å². The SMILES string of the molecule is O=[N+]([O-])c1ccc(OS(=O)(=O)c2ccc3ccc4cccc5ccc2c3c45)cc1. The molecule has 6 nitrogen and oxygen atoms in total. The molecule has 0 atom stereocenters. The van der Waals surface area contributed by atoms with Crippen molar-refractivity contribution in [2.75, 3.05) is 0 Å². The third kappa shape index (κ3) is 2.75. The van der Waals surface area contributed by atoms with Crippen LogP contribution < -0.4 is 4.18 Å². The molecule has 0 heterocycles. The highest BCUT2D eigenvalue weighted by Gasteiger charge is 2.22. The third-order valence-corrected chi connectivity index (χ3v) is 6.32. The van der Waals surface area contributed by atoms with Crippen molar-refractivity contribution in [3.8, 4) is 5.75 Å². The molecule has 0 unspecified atom stereocenters. The van der Waals surface area contributed by atoms with Crippen molar-refractivity contribution < 1.29 is 17.5 Å². The molecule has 0 spiro atoms. The van der Waals surface area contributed by atoms with Crippen LogP contribution in [0.1, 0.15) is 0 Å². The maximum absolute atomic E-state index is 13.0. The van der Waals surface area contributed by atoms with E-state index in [2.05, 4.69) is 0 Å². The van der Waals surface area contributed by atoms with E-state index in [-0.39, 0.29) is 16.3 Å². The first-order chi connectivity index (χ1) is 13.9. The quantitative estimate of drug-likeness (QED) is 0.177. The molecule has 0 aliphatic carbocycles. The van der Waals surface area contributed by atoms with Crippen LogP contribution in [0.2, 0.25) is 0 Å². The van der Waals surface area contributed by atoms with E-state index in [0.717, 1.165) is 26.9 Å². The molecular weight excluding hydrogens is 390 g/mol. The van der Waals surface area contributed by atoms with Crippen molar-refractivity contribution in [2.24, 2.45) is 0 Å². The largest absolute Gasteiger partial charge is 0.379 e. The summed E-state index contributed by atoms with van der Waals surface area (Å²) < 4.78 is 31.3. The molecule has 5 rings (SSSR count). The van der Waals surface area contributed by atoms with E-state index in [1.165, 1.54) is 30.3 Å². The lowest BCUT2D eigenvalue weighted by Gasteiger charge is -2.14. The second-order valence-corrected chi connectivity index (χ2v) is 8.22. The molecule has 5 aromatic carbocycles. The predicted octanol–water partition coefficient (Wildman–Crippen LogP) is 5.26. The maximum atomic E-state index is 13.0. The average molecular weight is 403 g/mol. The normalized spacial score (nSPS) is 12.0. The van der Waals surface area contributed by atoms with Crippen LogP contribution in [-0.2, 0) is 10.1 Å². The molecule has 0 fully saturated rings. The molecule has 0 aromatic heterocycles. The van der Waals surface area contributed by atoms with Crippen molar-refractivity contribution in [3.05, 3.63) is 89.0 Å². The second-order valence-electron chi connectivity index (χ2n) is 6.71. The Kier molecular flexibility index (Phi) is 3.69. The highest BCUT2D eigenvalue weighted by Crippen LogP contribution is 2.37. The number of benzene rings is 5. The Morgan fingerprint density at radius 1 is 0.724 bits per heavy atom. The van der Waals surface area contributed by atoms with E-state index in [1.807, 2.05) is 36.4 Å². The Morgan fingerprint density at radius 2 is 1.31 bits per heavy atom. The van der Waals surface area contributed by atoms with E-state index in [0.29, 0.717) is 5.39 Å². The van der Waals surface area contributed by atoms with Crippen LogP contribution in [-0.4, -0.2) is 13.3 Å². The van der Waals surface area contributed by atoms with Gasteiger partial charge in [-0.15, -0.1) is 0 Å². The molecule has 0 amide bonds. The van der Waals surface area contributed by atoms with E-state index >= 15 is 0 Å². The molecule has 0 saturated carbocycles. The van der Waals surface area contributed by atoms with Gasteiger partial charge in [-0.05, 0) is 45.1 Å². The molecule has 7 heteroatoms. The van der Waals surface area contributed by atoms with Gasteiger partial charge in [0.2, 0.25) is 0 Å². The van der Waals surface area contributed by atoms with Gasteiger partial charge in [-0.1, -0.05) is 48.5 Å². The smallest absolute Gasteiger partial charge is 0.339 e. The lowest BCUT2D eigenvalue weighted by Crippen LogP contribution is -2.10. The van der Waals surface area contributed by atoms with Gasteiger partial charge in [0.15, 0.2) is 0 Å². The van der Waals surface area contributed by atoms with E-state index in [9.17, 15) is 18.5 Å². The van der Waals surface area contributed by atoms with Crippen LogP contribution in [0, 0.1) is 10.1 Å². The minimum absolute atomic E-state index is 0.0151. The molecule has 0 saturated heterocycles. The summed E-state index contributed by atoms with van der Waals surface area (Å²) in [5.74, 6) is 0.0151. The van der Waals surface area contributed by atoms with Gasteiger partial charge in [-0.25, -0.2) is 0 Å². The summed E-state index contributed by atoms with van der Waals surface area (Å²) in [6.07, 6.45) is 0. The molecule has 0 aliphatic rings. The topological polar surface area (TPSA) is 86.5 Å². The summed E-state index contributed by atoms with van der Waals surface area (Å²) in [6.45, 7) is 0. The van der Waals surface area contributed by atoms with Crippen LogP contribution >= 0.6 is 0 Å². The molecule has 0 aliphatic heterocycles. The fourth-order valence-electron chi connectivity index (χ4n) is 3.72. The first kappa shape index (κ1) is 17.4. The Labute approximate surface area is 165 Å². The number of hydrogen-bond acceptors (Lipinski definition) is 5. The van der Waals surface area contributed by atoms with Crippen LogP contribution in [0.3, 0.4) is 0 Å². The number of hydrogen-bond donors (Lipinski definition) is 0. The van der Waals surface area contributed by atoms with Gasteiger partial charge < -0.3 is 4.18 Å². The first-order valence-corrected chi connectivity index (χ1v) is 10.2. The van der Waals surface area contributed by atoms with Crippen molar-refractivity contribution >= 4 is 48.1 Å². The van der Waals surface area contributed by atoms with Crippen molar-refractivity contribution in [2.45, 2.75) is 4.90 Å². The van der Waals surface area contributed by atoms with Gasteiger partial charge in [-0.2, -0.15) is 8.42 Å². The number of nitro benzene ring substituents is 1. The standard InChI is InChI=1S/C22H13NO5S/c24-23(25)17-8-10-18(11-9-17)28-29(26,27)20-13-7-16-5-4-14-2-1-3-15-6-12-19(20)22(16)21(14)15/h1-13H. The summed E-state index contributed by atoms with van der Waals surface area (Å²) in [6, 6.07) is 21.9. The van der Waals surface area contributed by atoms with Gasteiger partial charge in [0.25, 0.3) is 5.69 Å². The Hall–Kier alpha value is -3.71. The fraction of sp³-hybridized carbons (Fsp3) is 0. The Balaban J connectivity index is 1.68. The highest BCUT2D eigenvalue weighted by atomic mass is 32.2. The number of non-ortho nitro benzene ring substituents is 1. The van der Waals surface area contributed by atoms with Gasteiger partial charge >= 0.3 is 10.1 Å². The second kappa shape index (κ2) is 6.15. The van der Waals surface area contributed by atoms with Gasteiger partial charge in [-0.3, -0.25) is 10.1 Å². The summed E-state index contributed by atoms with van der Waals surface area (Å²) in [5.41, 5.74) is -0.141. The van der Waals surface area contributed by atoms with Gasteiger partial charge in [0.1, 0.15) is 10.6 Å². The lowest BCUT2D eigenvalue weighted by molar-refractivity contribution is -0.384. The average Bonchev–Trinajstić information content (AvgIpc) is 2.72.